The van der Waals surface area contributed by atoms with Gasteiger partial charge in [-0.25, -0.2) is 10.2 Å². The van der Waals surface area contributed by atoms with Crippen LogP contribution in [0.25, 0.3) is 5.69 Å². The number of nitrogens with zero attached hydrogens (tertiary/aromatic N) is 2. The number of amides is 2. The van der Waals surface area contributed by atoms with Crippen LogP contribution in [0.2, 0.25) is 0 Å². The lowest BCUT2D eigenvalue weighted by Gasteiger charge is -2.06. The number of anilines is 1. The van der Waals surface area contributed by atoms with Gasteiger partial charge in [0.05, 0.1) is 11.9 Å². The number of carbonyl (C=O) groups excluding carboxylic acids is 1. The van der Waals surface area contributed by atoms with Gasteiger partial charge in [-0.05, 0) is 36.4 Å². The van der Waals surface area contributed by atoms with Gasteiger partial charge in [-0.3, -0.25) is 0 Å². The van der Waals surface area contributed by atoms with Crippen molar-refractivity contribution in [1.82, 2.24) is 9.99 Å². The molecule has 0 unspecified atom stereocenters. The summed E-state index contributed by atoms with van der Waals surface area (Å²) in [5, 5.41) is 6.69. The molecule has 5 heteroatoms. The molecule has 0 saturated heterocycles. The number of aromatic nitrogens is 1. The first-order valence-corrected chi connectivity index (χ1v) is 7.21. The van der Waals surface area contributed by atoms with Crippen molar-refractivity contribution in [2.45, 2.75) is 0 Å². The molecule has 0 aliphatic heterocycles. The molecule has 0 saturated carbocycles. The monoisotopic (exact) mass is 304 g/mol. The summed E-state index contributed by atoms with van der Waals surface area (Å²) in [6.07, 6.45) is 3.55. The van der Waals surface area contributed by atoms with E-state index in [1.54, 1.807) is 6.21 Å². The minimum atomic E-state index is -0.384. The van der Waals surface area contributed by atoms with Crippen molar-refractivity contribution in [2.75, 3.05) is 5.32 Å². The van der Waals surface area contributed by atoms with Crippen molar-refractivity contribution >= 4 is 17.9 Å². The fourth-order valence-electron chi connectivity index (χ4n) is 2.16. The Kier molecular flexibility index (Phi) is 4.49. The van der Waals surface area contributed by atoms with Crippen molar-refractivity contribution in [3.8, 4) is 5.69 Å². The summed E-state index contributed by atoms with van der Waals surface area (Å²) in [5.74, 6) is 0. The number of hydrogen-bond donors (Lipinski definition) is 2. The van der Waals surface area contributed by atoms with E-state index in [9.17, 15) is 4.79 Å². The Morgan fingerprint density at radius 1 is 0.913 bits per heavy atom. The van der Waals surface area contributed by atoms with Gasteiger partial charge in [-0.1, -0.05) is 36.4 Å². The number of benzene rings is 2. The smallest absolute Gasteiger partial charge is 0.316 e. The molecule has 0 atom stereocenters. The van der Waals surface area contributed by atoms with E-state index < -0.39 is 0 Å². The molecule has 1 aromatic heterocycles. The van der Waals surface area contributed by atoms with Crippen LogP contribution < -0.4 is 10.7 Å². The fraction of sp³-hybridized carbons (Fsp3) is 0. The van der Waals surface area contributed by atoms with Gasteiger partial charge in [0.1, 0.15) is 0 Å². The highest BCUT2D eigenvalue weighted by Gasteiger charge is 2.01. The molecule has 0 aliphatic rings. The third kappa shape index (κ3) is 3.85. The highest BCUT2D eigenvalue weighted by Crippen LogP contribution is 2.10. The maximum Gasteiger partial charge on any atom is 0.339 e. The third-order valence-corrected chi connectivity index (χ3v) is 3.21. The quantitative estimate of drug-likeness (QED) is 0.561. The number of urea groups is 1. The molecule has 2 amide bonds. The van der Waals surface area contributed by atoms with Gasteiger partial charge in [0.25, 0.3) is 0 Å². The summed E-state index contributed by atoms with van der Waals surface area (Å²) in [7, 11) is 0. The SMILES string of the molecule is O=C(N/N=C\c1cccn1-c1ccccc1)Nc1ccccc1. The topological polar surface area (TPSA) is 58.4 Å². The lowest BCUT2D eigenvalue weighted by atomic mass is 10.3. The number of hydrogen-bond acceptors (Lipinski definition) is 2. The van der Waals surface area contributed by atoms with Crippen LogP contribution in [-0.2, 0) is 0 Å². The van der Waals surface area contributed by atoms with E-state index >= 15 is 0 Å². The van der Waals surface area contributed by atoms with Crippen LogP contribution in [0, 0.1) is 0 Å². The normalized spacial score (nSPS) is 10.6. The lowest BCUT2D eigenvalue weighted by molar-refractivity contribution is 0.252. The molecule has 1 heterocycles. The number of nitrogens with one attached hydrogen (secondary N) is 2. The van der Waals surface area contributed by atoms with Gasteiger partial charge in [0.2, 0.25) is 0 Å². The van der Waals surface area contributed by atoms with Gasteiger partial charge in [0, 0.05) is 17.6 Å². The summed E-state index contributed by atoms with van der Waals surface area (Å²) >= 11 is 0. The summed E-state index contributed by atoms with van der Waals surface area (Å²) in [4.78, 5) is 11.8. The van der Waals surface area contributed by atoms with Crippen molar-refractivity contribution in [1.29, 1.82) is 0 Å². The molecule has 0 spiro atoms. The van der Waals surface area contributed by atoms with Crippen LogP contribution >= 0.6 is 0 Å². The summed E-state index contributed by atoms with van der Waals surface area (Å²) in [6.45, 7) is 0. The Morgan fingerprint density at radius 2 is 1.61 bits per heavy atom. The average Bonchev–Trinajstić information content (AvgIpc) is 3.05. The first-order chi connectivity index (χ1) is 11.3. The van der Waals surface area contributed by atoms with Crippen LogP contribution in [0.3, 0.4) is 0 Å². The second-order valence-electron chi connectivity index (χ2n) is 4.83. The predicted molar refractivity (Wildman–Crippen MR) is 92.0 cm³/mol. The van der Waals surface area contributed by atoms with Crippen LogP contribution in [-0.4, -0.2) is 16.8 Å². The van der Waals surface area contributed by atoms with Gasteiger partial charge < -0.3 is 9.88 Å². The molecule has 3 aromatic rings. The van der Waals surface area contributed by atoms with E-state index in [-0.39, 0.29) is 6.03 Å². The average molecular weight is 304 g/mol. The first kappa shape index (κ1) is 14.6. The minimum Gasteiger partial charge on any atom is -0.316 e. The zero-order valence-corrected chi connectivity index (χ0v) is 12.4. The van der Waals surface area contributed by atoms with E-state index in [2.05, 4.69) is 15.8 Å². The Bertz CT molecular complexity index is 794. The predicted octanol–water partition coefficient (Wildman–Crippen LogP) is 3.63. The number of para-hydroxylation sites is 2. The van der Waals surface area contributed by atoms with E-state index in [0.717, 1.165) is 11.4 Å². The Balaban J connectivity index is 1.63. The number of carbonyl (C=O) groups is 1. The van der Waals surface area contributed by atoms with Crippen LogP contribution in [0.4, 0.5) is 10.5 Å². The molecule has 0 bridgehead atoms. The van der Waals surface area contributed by atoms with Gasteiger partial charge in [-0.15, -0.1) is 0 Å². The third-order valence-electron chi connectivity index (χ3n) is 3.21. The lowest BCUT2D eigenvalue weighted by Crippen LogP contribution is -2.24. The minimum absolute atomic E-state index is 0.384. The molecule has 114 valence electrons. The molecular formula is C18H16N4O. The zero-order chi connectivity index (χ0) is 15.9. The second-order valence-corrected chi connectivity index (χ2v) is 4.83. The summed E-state index contributed by atoms with van der Waals surface area (Å²) in [6, 6.07) is 22.6. The highest BCUT2D eigenvalue weighted by molar-refractivity contribution is 5.90. The molecule has 2 aromatic carbocycles. The largest absolute Gasteiger partial charge is 0.339 e. The zero-order valence-electron chi connectivity index (χ0n) is 12.4. The number of hydrazone groups is 1. The molecule has 23 heavy (non-hydrogen) atoms. The fourth-order valence-corrected chi connectivity index (χ4v) is 2.16. The Labute approximate surface area is 134 Å². The van der Waals surface area contributed by atoms with Crippen molar-refractivity contribution in [3.05, 3.63) is 84.7 Å². The van der Waals surface area contributed by atoms with E-state index in [1.165, 1.54) is 0 Å². The van der Waals surface area contributed by atoms with Gasteiger partial charge >= 0.3 is 6.03 Å². The van der Waals surface area contributed by atoms with Crippen molar-refractivity contribution in [2.24, 2.45) is 5.10 Å². The molecule has 0 fully saturated rings. The van der Waals surface area contributed by atoms with Crippen molar-refractivity contribution < 1.29 is 4.79 Å². The molecule has 0 aliphatic carbocycles. The molecular weight excluding hydrogens is 288 g/mol. The van der Waals surface area contributed by atoms with Crippen molar-refractivity contribution in [3.63, 3.8) is 0 Å². The Hall–Kier alpha value is -3.34. The number of rotatable bonds is 4. The van der Waals surface area contributed by atoms with Gasteiger partial charge in [-0.2, -0.15) is 5.10 Å². The van der Waals surface area contributed by atoms with Crippen LogP contribution in [0.1, 0.15) is 5.69 Å². The second kappa shape index (κ2) is 7.09. The van der Waals surface area contributed by atoms with Gasteiger partial charge in [0.15, 0.2) is 0 Å². The molecule has 5 nitrogen and oxygen atoms in total. The molecule has 0 radical (unpaired) electrons. The summed E-state index contributed by atoms with van der Waals surface area (Å²) in [5.41, 5.74) is 5.08. The maximum absolute atomic E-state index is 11.8. The first-order valence-electron chi connectivity index (χ1n) is 7.21. The van der Waals surface area contributed by atoms with E-state index in [0.29, 0.717) is 5.69 Å². The van der Waals surface area contributed by atoms with Crippen LogP contribution in [0.5, 0.6) is 0 Å². The Morgan fingerprint density at radius 3 is 2.35 bits per heavy atom. The van der Waals surface area contributed by atoms with E-state index in [1.807, 2.05) is 83.6 Å². The maximum atomic E-state index is 11.8. The molecule has 3 rings (SSSR count). The summed E-state index contributed by atoms with van der Waals surface area (Å²) < 4.78 is 1.99. The highest BCUT2D eigenvalue weighted by atomic mass is 16.2. The van der Waals surface area contributed by atoms with Crippen LogP contribution in [0.15, 0.2) is 84.1 Å². The standard InChI is InChI=1S/C18H16N4O/c23-18(20-15-8-3-1-4-9-15)21-19-14-17-12-7-13-22(17)16-10-5-2-6-11-16/h1-14H,(H2,20,21,23)/b19-14-. The molecule has 2 N–H and O–H groups in total. The van der Waals surface area contributed by atoms with E-state index in [4.69, 9.17) is 0 Å².